The summed E-state index contributed by atoms with van der Waals surface area (Å²) >= 11 is 0. The first-order chi connectivity index (χ1) is 16.5. The summed E-state index contributed by atoms with van der Waals surface area (Å²) in [6, 6.07) is 0. The van der Waals surface area contributed by atoms with E-state index in [1.807, 2.05) is 4.90 Å². The van der Waals surface area contributed by atoms with Gasteiger partial charge in [-0.3, -0.25) is 14.4 Å². The van der Waals surface area contributed by atoms with Gasteiger partial charge in [0.25, 0.3) is 5.91 Å². The van der Waals surface area contributed by atoms with Crippen molar-refractivity contribution in [1.82, 2.24) is 4.90 Å². The molecule has 7 atom stereocenters. The standard InChI is InChI=1S/C27H41NO7/c1-17(29)33-14-24(31)28-12-9-22-21-6-5-19-13-20(35-25(32)15-34-18(2)30)7-11-27(19,4)23(21)8-10-26(22,3)16-28/h19-23H,5-16H2,1-4H3/t19-,20-,21-,22-,23-,26+,27-/m0/s1. The predicted molar refractivity (Wildman–Crippen MR) is 127 cm³/mol. The molecular weight excluding hydrogens is 450 g/mol. The Kier molecular flexibility index (Phi) is 7.49. The molecule has 3 saturated carbocycles. The van der Waals surface area contributed by atoms with Crippen LogP contribution in [0.1, 0.15) is 79.1 Å². The third-order valence-corrected chi connectivity index (χ3v) is 9.84. The van der Waals surface area contributed by atoms with Crippen LogP contribution in [0.15, 0.2) is 0 Å². The highest BCUT2D eigenvalue weighted by Crippen LogP contribution is 2.64. The van der Waals surface area contributed by atoms with Crippen molar-refractivity contribution in [2.24, 2.45) is 34.5 Å². The van der Waals surface area contributed by atoms with Gasteiger partial charge >= 0.3 is 17.9 Å². The topological polar surface area (TPSA) is 99.2 Å². The van der Waals surface area contributed by atoms with Crippen molar-refractivity contribution in [2.75, 3.05) is 26.3 Å². The summed E-state index contributed by atoms with van der Waals surface area (Å²) in [6.45, 7) is 8.47. The Labute approximate surface area is 208 Å². The first-order valence-corrected chi connectivity index (χ1v) is 13.3. The molecule has 0 aromatic carbocycles. The van der Waals surface area contributed by atoms with Gasteiger partial charge in [-0.25, -0.2) is 4.79 Å². The van der Waals surface area contributed by atoms with Crippen LogP contribution in [0.5, 0.6) is 0 Å². The Bertz CT molecular complexity index is 858. The minimum absolute atomic E-state index is 0.0840. The molecule has 4 rings (SSSR count). The number of fused-ring (bicyclic) bond motifs is 5. The maximum Gasteiger partial charge on any atom is 0.344 e. The zero-order chi connectivity index (χ0) is 25.4. The number of rotatable bonds is 5. The smallest absolute Gasteiger partial charge is 0.344 e. The summed E-state index contributed by atoms with van der Waals surface area (Å²) in [5.41, 5.74) is 0.364. The van der Waals surface area contributed by atoms with Crippen LogP contribution in [0, 0.1) is 34.5 Å². The second-order valence-corrected chi connectivity index (χ2v) is 11.9. The normalized spacial score (nSPS) is 38.3. The van der Waals surface area contributed by atoms with Crippen molar-refractivity contribution in [3.05, 3.63) is 0 Å². The number of nitrogens with zero attached hydrogens (tertiary/aromatic N) is 1. The molecule has 0 N–H and O–H groups in total. The molecule has 8 nitrogen and oxygen atoms in total. The molecule has 196 valence electrons. The van der Waals surface area contributed by atoms with Gasteiger partial charge in [-0.15, -0.1) is 0 Å². The van der Waals surface area contributed by atoms with E-state index in [9.17, 15) is 19.2 Å². The van der Waals surface area contributed by atoms with Crippen LogP contribution in [0.4, 0.5) is 0 Å². The minimum Gasteiger partial charge on any atom is -0.460 e. The maximum absolute atomic E-state index is 12.6. The van der Waals surface area contributed by atoms with Crippen molar-refractivity contribution in [3.8, 4) is 0 Å². The fourth-order valence-electron chi connectivity index (χ4n) is 8.14. The number of esters is 3. The van der Waals surface area contributed by atoms with E-state index in [4.69, 9.17) is 14.2 Å². The molecule has 1 aliphatic heterocycles. The first-order valence-electron chi connectivity index (χ1n) is 13.3. The summed E-state index contributed by atoms with van der Waals surface area (Å²) in [6.07, 6.45) is 8.37. The quantitative estimate of drug-likeness (QED) is 0.429. The summed E-state index contributed by atoms with van der Waals surface area (Å²) in [7, 11) is 0. The molecule has 1 amide bonds. The van der Waals surface area contributed by atoms with E-state index < -0.39 is 17.9 Å². The van der Waals surface area contributed by atoms with Gasteiger partial charge in [0.05, 0.1) is 0 Å². The highest BCUT2D eigenvalue weighted by molar-refractivity contribution is 5.80. The van der Waals surface area contributed by atoms with E-state index in [-0.39, 0.29) is 36.1 Å². The van der Waals surface area contributed by atoms with Crippen molar-refractivity contribution in [3.63, 3.8) is 0 Å². The molecule has 8 heteroatoms. The van der Waals surface area contributed by atoms with E-state index in [2.05, 4.69) is 13.8 Å². The maximum atomic E-state index is 12.6. The van der Waals surface area contributed by atoms with Crippen LogP contribution in [-0.2, 0) is 33.4 Å². The summed E-state index contributed by atoms with van der Waals surface area (Å²) in [5, 5.41) is 0. The molecule has 4 fully saturated rings. The second-order valence-electron chi connectivity index (χ2n) is 11.9. The van der Waals surface area contributed by atoms with Crippen LogP contribution in [0.25, 0.3) is 0 Å². The Balaban J connectivity index is 1.37. The molecule has 0 aromatic rings. The third-order valence-electron chi connectivity index (χ3n) is 9.84. The number of hydrogen-bond acceptors (Lipinski definition) is 7. The van der Waals surface area contributed by atoms with Gasteiger partial charge in [0.1, 0.15) is 6.10 Å². The van der Waals surface area contributed by atoms with E-state index in [0.29, 0.717) is 23.7 Å². The molecule has 1 saturated heterocycles. The van der Waals surface area contributed by atoms with E-state index >= 15 is 0 Å². The second kappa shape index (κ2) is 10.1. The number of piperidine rings is 1. The molecule has 0 unspecified atom stereocenters. The molecule has 0 bridgehead atoms. The van der Waals surface area contributed by atoms with Crippen LogP contribution in [-0.4, -0.2) is 61.1 Å². The van der Waals surface area contributed by atoms with Crippen LogP contribution in [0.2, 0.25) is 0 Å². The SMILES string of the molecule is CC(=O)OCC(=O)O[C@H]1CC[C@@]2(C)[C@@H](CC[C@H]3[C@@H]4CCN(C(=O)COC(C)=O)C[C@@]4(C)CC[C@@H]32)C1. The molecule has 35 heavy (non-hydrogen) atoms. The lowest BCUT2D eigenvalue weighted by molar-refractivity contribution is -0.174. The monoisotopic (exact) mass is 491 g/mol. The zero-order valence-corrected chi connectivity index (χ0v) is 21.7. The lowest BCUT2D eigenvalue weighted by atomic mass is 9.44. The number of amides is 1. The highest BCUT2D eigenvalue weighted by Gasteiger charge is 2.58. The number of hydrogen-bond donors (Lipinski definition) is 0. The lowest BCUT2D eigenvalue weighted by Crippen LogP contribution is -2.59. The number of likely N-dealkylation sites (tertiary alicyclic amines) is 1. The molecule has 3 aliphatic carbocycles. The summed E-state index contributed by atoms with van der Waals surface area (Å²) in [4.78, 5) is 48.7. The largest absolute Gasteiger partial charge is 0.460 e. The third kappa shape index (κ3) is 5.36. The first kappa shape index (κ1) is 26.0. The van der Waals surface area contributed by atoms with Crippen molar-refractivity contribution < 1.29 is 33.4 Å². The molecule has 4 aliphatic rings. The Morgan fingerprint density at radius 2 is 1.57 bits per heavy atom. The van der Waals surface area contributed by atoms with Crippen molar-refractivity contribution >= 4 is 23.8 Å². The predicted octanol–water partition coefficient (Wildman–Crippen LogP) is 3.51. The number of carbonyl (C=O) groups excluding carboxylic acids is 4. The lowest BCUT2D eigenvalue weighted by Gasteiger charge is -2.63. The van der Waals surface area contributed by atoms with Gasteiger partial charge in [-0.1, -0.05) is 13.8 Å². The summed E-state index contributed by atoms with van der Waals surface area (Å²) < 4.78 is 15.4. The Morgan fingerprint density at radius 1 is 0.857 bits per heavy atom. The molecular formula is C27H41NO7. The fourth-order valence-corrected chi connectivity index (χ4v) is 8.14. The van der Waals surface area contributed by atoms with E-state index in [0.717, 1.165) is 51.6 Å². The van der Waals surface area contributed by atoms with Crippen LogP contribution >= 0.6 is 0 Å². The number of ether oxygens (including phenoxy) is 3. The average molecular weight is 492 g/mol. The number of carbonyl (C=O) groups is 4. The van der Waals surface area contributed by atoms with E-state index in [1.165, 1.54) is 26.7 Å². The molecule has 1 heterocycles. The highest BCUT2D eigenvalue weighted by atomic mass is 16.6. The van der Waals surface area contributed by atoms with Gasteiger partial charge in [-0.05, 0) is 85.9 Å². The average Bonchev–Trinajstić information content (AvgIpc) is 2.80. The Morgan fingerprint density at radius 3 is 2.29 bits per heavy atom. The molecule has 0 aromatic heterocycles. The van der Waals surface area contributed by atoms with Gasteiger partial charge < -0.3 is 19.1 Å². The van der Waals surface area contributed by atoms with Gasteiger partial charge in [0.15, 0.2) is 13.2 Å². The van der Waals surface area contributed by atoms with Crippen LogP contribution in [0.3, 0.4) is 0 Å². The molecule has 0 radical (unpaired) electrons. The minimum atomic E-state index is -0.472. The fraction of sp³-hybridized carbons (Fsp3) is 0.852. The van der Waals surface area contributed by atoms with Crippen LogP contribution < -0.4 is 0 Å². The van der Waals surface area contributed by atoms with Gasteiger partial charge in [0.2, 0.25) is 0 Å². The zero-order valence-electron chi connectivity index (χ0n) is 21.7. The van der Waals surface area contributed by atoms with Gasteiger partial charge in [0, 0.05) is 26.9 Å². The molecule has 0 spiro atoms. The van der Waals surface area contributed by atoms with E-state index in [1.54, 1.807) is 0 Å². The Hall–Kier alpha value is -2.12. The summed E-state index contributed by atoms with van der Waals surface area (Å²) in [5.74, 6) is 1.06. The van der Waals surface area contributed by atoms with Crippen molar-refractivity contribution in [2.45, 2.75) is 85.2 Å². The van der Waals surface area contributed by atoms with Crippen molar-refractivity contribution in [1.29, 1.82) is 0 Å². The van der Waals surface area contributed by atoms with Gasteiger partial charge in [-0.2, -0.15) is 0 Å².